The molecule has 1 saturated heterocycles. The van der Waals surface area contributed by atoms with E-state index in [-0.39, 0.29) is 6.03 Å². The Hall–Kier alpha value is -2.40. The van der Waals surface area contributed by atoms with E-state index in [0.717, 1.165) is 30.1 Å². The molecule has 3 rings (SSSR count). The molecule has 26 heavy (non-hydrogen) atoms. The van der Waals surface area contributed by atoms with Crippen molar-refractivity contribution in [2.75, 3.05) is 30.4 Å². The molecule has 0 unspecified atom stereocenters. The van der Waals surface area contributed by atoms with Crippen LogP contribution >= 0.6 is 11.6 Å². The normalized spacial score (nSPS) is 14.0. The Labute approximate surface area is 159 Å². The van der Waals surface area contributed by atoms with Gasteiger partial charge < -0.3 is 20.3 Å². The average Bonchev–Trinajstić information content (AvgIpc) is 2.67. The number of urea groups is 1. The fourth-order valence-electron chi connectivity index (χ4n) is 3.18. The summed E-state index contributed by atoms with van der Waals surface area (Å²) in [6.45, 7) is 2.45. The van der Waals surface area contributed by atoms with Gasteiger partial charge in [-0.05, 0) is 43.5 Å². The van der Waals surface area contributed by atoms with Gasteiger partial charge in [-0.25, -0.2) is 4.79 Å². The summed E-state index contributed by atoms with van der Waals surface area (Å²) >= 11 is 6.43. The number of rotatable bonds is 5. The molecule has 1 fully saturated rings. The first-order chi connectivity index (χ1) is 12.7. The molecule has 1 aliphatic heterocycles. The van der Waals surface area contributed by atoms with Crippen LogP contribution in [0.1, 0.15) is 24.8 Å². The van der Waals surface area contributed by atoms with Crippen LogP contribution in [-0.2, 0) is 6.54 Å². The second-order valence-corrected chi connectivity index (χ2v) is 6.74. The van der Waals surface area contributed by atoms with Gasteiger partial charge in [0.2, 0.25) is 0 Å². The quantitative estimate of drug-likeness (QED) is 0.801. The topological polar surface area (TPSA) is 53.6 Å². The van der Waals surface area contributed by atoms with E-state index >= 15 is 0 Å². The molecule has 5 nitrogen and oxygen atoms in total. The average molecular weight is 374 g/mol. The number of carbonyl (C=O) groups is 1. The molecular formula is C20H24ClN3O2. The van der Waals surface area contributed by atoms with Crippen molar-refractivity contribution in [1.29, 1.82) is 0 Å². The van der Waals surface area contributed by atoms with E-state index in [1.54, 1.807) is 13.2 Å². The lowest BCUT2D eigenvalue weighted by molar-refractivity contribution is 0.251. The van der Waals surface area contributed by atoms with Crippen molar-refractivity contribution in [3.8, 4) is 5.75 Å². The maximum atomic E-state index is 12.2. The van der Waals surface area contributed by atoms with Gasteiger partial charge in [-0.15, -0.1) is 0 Å². The number of halogens is 1. The van der Waals surface area contributed by atoms with Crippen LogP contribution in [-0.4, -0.2) is 26.2 Å². The summed E-state index contributed by atoms with van der Waals surface area (Å²) < 4.78 is 5.29. The van der Waals surface area contributed by atoms with Gasteiger partial charge in [0.15, 0.2) is 0 Å². The highest BCUT2D eigenvalue weighted by molar-refractivity contribution is 6.33. The number of amides is 2. The van der Waals surface area contributed by atoms with Gasteiger partial charge in [-0.1, -0.05) is 29.8 Å². The maximum absolute atomic E-state index is 12.2. The number of para-hydroxylation sites is 1. The van der Waals surface area contributed by atoms with E-state index < -0.39 is 0 Å². The van der Waals surface area contributed by atoms with Crippen LogP contribution in [0.15, 0.2) is 42.5 Å². The zero-order valence-corrected chi connectivity index (χ0v) is 15.7. The van der Waals surface area contributed by atoms with Crippen LogP contribution < -0.4 is 20.3 Å². The minimum Gasteiger partial charge on any atom is -0.496 e. The second kappa shape index (κ2) is 8.81. The highest BCUT2D eigenvalue weighted by atomic mass is 35.5. The van der Waals surface area contributed by atoms with E-state index in [1.807, 2.05) is 36.4 Å². The van der Waals surface area contributed by atoms with E-state index in [4.69, 9.17) is 16.3 Å². The van der Waals surface area contributed by atoms with E-state index in [9.17, 15) is 4.79 Å². The molecule has 0 aromatic heterocycles. The van der Waals surface area contributed by atoms with Gasteiger partial charge in [0.05, 0.1) is 17.8 Å². The predicted molar refractivity (Wildman–Crippen MR) is 106 cm³/mol. The lowest BCUT2D eigenvalue weighted by atomic mass is 10.1. The number of hydrogen-bond donors (Lipinski definition) is 2. The Morgan fingerprint density at radius 3 is 2.65 bits per heavy atom. The zero-order valence-electron chi connectivity index (χ0n) is 14.9. The third-order valence-electron chi connectivity index (χ3n) is 4.53. The number of nitrogens with one attached hydrogen (secondary N) is 2. The van der Waals surface area contributed by atoms with E-state index in [1.165, 1.54) is 19.3 Å². The van der Waals surface area contributed by atoms with Crippen molar-refractivity contribution in [2.24, 2.45) is 0 Å². The minimum absolute atomic E-state index is 0.280. The summed E-state index contributed by atoms with van der Waals surface area (Å²) in [7, 11) is 1.62. The van der Waals surface area contributed by atoms with Crippen molar-refractivity contribution < 1.29 is 9.53 Å². The minimum atomic E-state index is -0.280. The molecule has 2 aromatic rings. The summed E-state index contributed by atoms with van der Waals surface area (Å²) in [5, 5.41) is 6.32. The summed E-state index contributed by atoms with van der Waals surface area (Å²) in [5.41, 5.74) is 2.63. The first-order valence-electron chi connectivity index (χ1n) is 8.88. The molecule has 0 radical (unpaired) electrons. The summed E-state index contributed by atoms with van der Waals surface area (Å²) in [6, 6.07) is 13.0. The number of piperidine rings is 1. The first-order valence-corrected chi connectivity index (χ1v) is 9.26. The number of nitrogens with zero attached hydrogens (tertiary/aromatic N) is 1. The number of benzene rings is 2. The number of ether oxygens (including phenoxy) is 1. The molecule has 2 amide bonds. The molecule has 1 aliphatic rings. The molecule has 138 valence electrons. The Morgan fingerprint density at radius 1 is 1.15 bits per heavy atom. The molecule has 2 aromatic carbocycles. The lowest BCUT2D eigenvalue weighted by Crippen LogP contribution is -2.30. The second-order valence-electron chi connectivity index (χ2n) is 6.33. The first kappa shape index (κ1) is 18.4. The van der Waals surface area contributed by atoms with E-state index in [2.05, 4.69) is 15.5 Å². The highest BCUT2D eigenvalue weighted by Crippen LogP contribution is 2.30. The molecular weight excluding hydrogens is 350 g/mol. The molecule has 2 N–H and O–H groups in total. The van der Waals surface area contributed by atoms with Crippen LogP contribution in [0.2, 0.25) is 5.02 Å². The Balaban J connectivity index is 1.58. The standard InChI is InChI=1S/C20H24ClN3O2/c1-26-19-8-4-3-7-15(19)14-22-20(25)23-16-9-10-18(17(21)13-16)24-11-5-2-6-12-24/h3-4,7-10,13H,2,5-6,11-12,14H2,1H3,(H2,22,23,25). The smallest absolute Gasteiger partial charge is 0.319 e. The Morgan fingerprint density at radius 2 is 1.92 bits per heavy atom. The number of anilines is 2. The number of carbonyl (C=O) groups excluding carboxylic acids is 1. The third-order valence-corrected chi connectivity index (χ3v) is 4.84. The molecule has 0 spiro atoms. The van der Waals surface area contributed by atoms with Crippen LogP contribution in [0.25, 0.3) is 0 Å². The molecule has 6 heteroatoms. The van der Waals surface area contributed by atoms with Crippen molar-refractivity contribution in [3.63, 3.8) is 0 Å². The van der Waals surface area contributed by atoms with Crippen LogP contribution in [0, 0.1) is 0 Å². The Kier molecular flexibility index (Phi) is 6.23. The zero-order chi connectivity index (χ0) is 18.4. The molecule has 0 bridgehead atoms. The van der Waals surface area contributed by atoms with Crippen LogP contribution in [0.3, 0.4) is 0 Å². The fraction of sp³-hybridized carbons (Fsp3) is 0.350. The Bertz CT molecular complexity index is 760. The molecule has 0 atom stereocenters. The van der Waals surface area contributed by atoms with Gasteiger partial charge in [-0.3, -0.25) is 0 Å². The van der Waals surface area contributed by atoms with Crippen LogP contribution in [0.4, 0.5) is 16.2 Å². The van der Waals surface area contributed by atoms with Crippen molar-refractivity contribution in [3.05, 3.63) is 53.1 Å². The van der Waals surface area contributed by atoms with Gasteiger partial charge in [0.25, 0.3) is 0 Å². The maximum Gasteiger partial charge on any atom is 0.319 e. The summed E-state index contributed by atoms with van der Waals surface area (Å²) in [5.74, 6) is 0.752. The fourth-order valence-corrected chi connectivity index (χ4v) is 3.48. The van der Waals surface area contributed by atoms with Crippen molar-refractivity contribution in [1.82, 2.24) is 5.32 Å². The van der Waals surface area contributed by atoms with Crippen LogP contribution in [0.5, 0.6) is 5.75 Å². The monoisotopic (exact) mass is 373 g/mol. The van der Waals surface area contributed by atoms with Gasteiger partial charge in [0.1, 0.15) is 5.75 Å². The molecule has 0 aliphatic carbocycles. The number of methoxy groups -OCH3 is 1. The predicted octanol–water partition coefficient (Wildman–Crippen LogP) is 4.66. The largest absolute Gasteiger partial charge is 0.496 e. The SMILES string of the molecule is COc1ccccc1CNC(=O)Nc1ccc(N2CCCCC2)c(Cl)c1. The number of hydrogen-bond acceptors (Lipinski definition) is 3. The lowest BCUT2D eigenvalue weighted by Gasteiger charge is -2.29. The third kappa shape index (κ3) is 4.61. The van der Waals surface area contributed by atoms with Gasteiger partial charge in [-0.2, -0.15) is 0 Å². The van der Waals surface area contributed by atoms with E-state index in [0.29, 0.717) is 17.3 Å². The van der Waals surface area contributed by atoms with Gasteiger partial charge >= 0.3 is 6.03 Å². The molecule has 0 saturated carbocycles. The summed E-state index contributed by atoms with van der Waals surface area (Å²) in [4.78, 5) is 14.5. The van der Waals surface area contributed by atoms with Crippen molar-refractivity contribution >= 4 is 29.0 Å². The van der Waals surface area contributed by atoms with Gasteiger partial charge in [0, 0.05) is 30.9 Å². The van der Waals surface area contributed by atoms with Crippen molar-refractivity contribution in [2.45, 2.75) is 25.8 Å². The highest BCUT2D eigenvalue weighted by Gasteiger charge is 2.14. The summed E-state index contributed by atoms with van der Waals surface area (Å²) in [6.07, 6.45) is 3.67. The molecule has 1 heterocycles.